The van der Waals surface area contributed by atoms with E-state index < -0.39 is 18.0 Å². The van der Waals surface area contributed by atoms with Gasteiger partial charge in [-0.15, -0.1) is 0 Å². The predicted molar refractivity (Wildman–Crippen MR) is 90.8 cm³/mol. The Kier molecular flexibility index (Phi) is 6.02. The van der Waals surface area contributed by atoms with Crippen molar-refractivity contribution < 1.29 is 18.7 Å². The Balaban J connectivity index is 1.90. The molecule has 0 aliphatic heterocycles. The molecule has 2 rings (SSSR count). The van der Waals surface area contributed by atoms with Gasteiger partial charge in [0.1, 0.15) is 5.82 Å². The largest absolute Gasteiger partial charge is 0.449 e. The minimum Gasteiger partial charge on any atom is -0.449 e. The van der Waals surface area contributed by atoms with Crippen molar-refractivity contribution >= 4 is 23.6 Å². The highest BCUT2D eigenvalue weighted by Gasteiger charge is 2.16. The van der Waals surface area contributed by atoms with Crippen LogP contribution in [0.1, 0.15) is 18.1 Å². The number of ether oxygens (including phenoxy) is 1. The van der Waals surface area contributed by atoms with Crippen LogP contribution in [0.2, 0.25) is 0 Å². The van der Waals surface area contributed by atoms with Gasteiger partial charge in [0.05, 0.1) is 11.6 Å². The van der Waals surface area contributed by atoms with Gasteiger partial charge in [-0.05, 0) is 48.9 Å². The van der Waals surface area contributed by atoms with Gasteiger partial charge in [0.2, 0.25) is 0 Å². The molecule has 0 saturated heterocycles. The van der Waals surface area contributed by atoms with E-state index in [1.165, 1.54) is 43.3 Å². The average Bonchev–Trinajstić information content (AvgIpc) is 2.61. The lowest BCUT2D eigenvalue weighted by Crippen LogP contribution is -2.29. The van der Waals surface area contributed by atoms with Crippen LogP contribution in [0.15, 0.2) is 54.6 Å². The van der Waals surface area contributed by atoms with Crippen molar-refractivity contribution in [1.29, 1.82) is 5.26 Å². The number of hydrogen-bond donors (Lipinski definition) is 1. The number of nitrogens with zero attached hydrogens (tertiary/aromatic N) is 1. The Morgan fingerprint density at radius 3 is 2.64 bits per heavy atom. The van der Waals surface area contributed by atoms with E-state index >= 15 is 0 Å². The molecule has 126 valence electrons. The molecule has 0 saturated carbocycles. The molecule has 0 aliphatic rings. The molecule has 1 atom stereocenters. The van der Waals surface area contributed by atoms with Gasteiger partial charge >= 0.3 is 5.97 Å². The van der Waals surface area contributed by atoms with Crippen molar-refractivity contribution in [3.8, 4) is 6.07 Å². The monoisotopic (exact) mass is 338 g/mol. The molecule has 1 N–H and O–H groups in total. The SMILES string of the molecule is C[C@@H](OC(=O)/C=C/c1ccc(F)cc1)C(=O)Nc1cccc(C#N)c1. The number of rotatable bonds is 5. The van der Waals surface area contributed by atoms with Gasteiger partial charge in [-0.3, -0.25) is 4.79 Å². The van der Waals surface area contributed by atoms with Crippen LogP contribution in [-0.4, -0.2) is 18.0 Å². The maximum atomic E-state index is 12.8. The molecule has 1 amide bonds. The second-order valence-corrected chi connectivity index (χ2v) is 5.15. The second kappa shape index (κ2) is 8.41. The molecule has 2 aromatic carbocycles. The molecular weight excluding hydrogens is 323 g/mol. The molecule has 0 radical (unpaired) electrons. The van der Waals surface area contributed by atoms with Crippen LogP contribution in [-0.2, 0) is 14.3 Å². The molecule has 0 unspecified atom stereocenters. The van der Waals surface area contributed by atoms with E-state index in [0.29, 0.717) is 16.8 Å². The highest BCUT2D eigenvalue weighted by atomic mass is 19.1. The molecule has 25 heavy (non-hydrogen) atoms. The third kappa shape index (κ3) is 5.59. The van der Waals surface area contributed by atoms with Crippen molar-refractivity contribution in [2.45, 2.75) is 13.0 Å². The molecule has 5 nitrogen and oxygen atoms in total. The quantitative estimate of drug-likeness (QED) is 0.670. The van der Waals surface area contributed by atoms with E-state index in [4.69, 9.17) is 10.00 Å². The lowest BCUT2D eigenvalue weighted by Gasteiger charge is -2.12. The smallest absolute Gasteiger partial charge is 0.331 e. The van der Waals surface area contributed by atoms with Crippen LogP contribution in [0.25, 0.3) is 6.08 Å². The fourth-order valence-electron chi connectivity index (χ4n) is 1.92. The number of amides is 1. The third-order valence-electron chi connectivity index (χ3n) is 3.20. The number of esters is 1. The normalized spacial score (nSPS) is 11.6. The minimum atomic E-state index is -1.02. The van der Waals surface area contributed by atoms with Crippen molar-refractivity contribution in [3.63, 3.8) is 0 Å². The Bertz CT molecular complexity index is 838. The average molecular weight is 338 g/mol. The predicted octanol–water partition coefficient (Wildman–Crippen LogP) is 3.28. The molecular formula is C19H15FN2O3. The summed E-state index contributed by atoms with van der Waals surface area (Å²) in [5, 5.41) is 11.4. The van der Waals surface area contributed by atoms with Gasteiger partial charge in [0.15, 0.2) is 6.10 Å². The number of benzene rings is 2. The summed E-state index contributed by atoms with van der Waals surface area (Å²) in [7, 11) is 0. The first-order valence-corrected chi connectivity index (χ1v) is 7.43. The topological polar surface area (TPSA) is 79.2 Å². The number of carbonyl (C=O) groups excluding carboxylic acids is 2. The summed E-state index contributed by atoms with van der Waals surface area (Å²) in [6.45, 7) is 1.44. The number of halogens is 1. The maximum absolute atomic E-state index is 12.8. The molecule has 0 heterocycles. The van der Waals surface area contributed by atoms with E-state index in [9.17, 15) is 14.0 Å². The van der Waals surface area contributed by atoms with Crippen LogP contribution in [0.5, 0.6) is 0 Å². The van der Waals surface area contributed by atoms with Gasteiger partial charge in [-0.2, -0.15) is 5.26 Å². The Labute approximate surface area is 144 Å². The first-order valence-electron chi connectivity index (χ1n) is 7.43. The van der Waals surface area contributed by atoms with E-state index in [2.05, 4.69) is 5.32 Å². The molecule has 2 aromatic rings. The van der Waals surface area contributed by atoms with Gasteiger partial charge < -0.3 is 10.1 Å². The first kappa shape index (κ1) is 17.9. The van der Waals surface area contributed by atoms with Crippen molar-refractivity contribution in [1.82, 2.24) is 0 Å². The van der Waals surface area contributed by atoms with Crippen LogP contribution in [0.3, 0.4) is 0 Å². The van der Waals surface area contributed by atoms with Crippen molar-refractivity contribution in [3.05, 3.63) is 71.6 Å². The summed E-state index contributed by atoms with van der Waals surface area (Å²) in [5.41, 5.74) is 1.47. The number of anilines is 1. The fraction of sp³-hybridized carbons (Fsp3) is 0.105. The van der Waals surface area contributed by atoms with Crippen LogP contribution < -0.4 is 5.32 Å². The highest BCUT2D eigenvalue weighted by Crippen LogP contribution is 2.11. The Morgan fingerprint density at radius 2 is 1.96 bits per heavy atom. The molecule has 0 aliphatic carbocycles. The van der Waals surface area contributed by atoms with Crippen molar-refractivity contribution in [2.24, 2.45) is 0 Å². The molecule has 0 aromatic heterocycles. The fourth-order valence-corrected chi connectivity index (χ4v) is 1.92. The first-order chi connectivity index (χ1) is 12.0. The highest BCUT2D eigenvalue weighted by molar-refractivity contribution is 5.96. The van der Waals surface area contributed by atoms with Crippen molar-refractivity contribution in [2.75, 3.05) is 5.32 Å². The zero-order chi connectivity index (χ0) is 18.2. The summed E-state index contributed by atoms with van der Waals surface area (Å²) < 4.78 is 17.8. The van der Waals surface area contributed by atoms with Crippen LogP contribution in [0, 0.1) is 17.1 Å². The standard InChI is InChI=1S/C19H15FN2O3/c1-13(19(24)22-17-4-2-3-15(11-17)12-21)25-18(23)10-7-14-5-8-16(20)9-6-14/h2-11,13H,1H3,(H,22,24)/b10-7+/t13-/m1/s1. The van der Waals surface area contributed by atoms with E-state index in [-0.39, 0.29) is 5.82 Å². The number of hydrogen-bond acceptors (Lipinski definition) is 4. The van der Waals surface area contributed by atoms with E-state index in [0.717, 1.165) is 6.08 Å². The summed E-state index contributed by atoms with van der Waals surface area (Å²) in [6.07, 6.45) is 1.60. The summed E-state index contributed by atoms with van der Waals surface area (Å²) in [5.74, 6) is -1.58. The second-order valence-electron chi connectivity index (χ2n) is 5.15. The third-order valence-corrected chi connectivity index (χ3v) is 3.20. The van der Waals surface area contributed by atoms with Gasteiger partial charge in [0, 0.05) is 11.8 Å². The summed E-state index contributed by atoms with van der Waals surface area (Å²) >= 11 is 0. The Hall–Kier alpha value is -3.46. The number of nitrogens with one attached hydrogen (secondary N) is 1. The van der Waals surface area contributed by atoms with Crippen LogP contribution in [0.4, 0.5) is 10.1 Å². The number of carbonyl (C=O) groups is 2. The molecule has 0 spiro atoms. The zero-order valence-corrected chi connectivity index (χ0v) is 13.4. The number of nitriles is 1. The molecule has 0 fully saturated rings. The van der Waals surface area contributed by atoms with Gasteiger partial charge in [-0.25, -0.2) is 9.18 Å². The van der Waals surface area contributed by atoms with Gasteiger partial charge in [-0.1, -0.05) is 18.2 Å². The lowest BCUT2D eigenvalue weighted by atomic mass is 10.2. The van der Waals surface area contributed by atoms with Gasteiger partial charge in [0.25, 0.3) is 5.91 Å². The molecule has 0 bridgehead atoms. The lowest BCUT2D eigenvalue weighted by molar-refractivity contribution is -0.148. The Morgan fingerprint density at radius 1 is 1.24 bits per heavy atom. The molecule has 6 heteroatoms. The maximum Gasteiger partial charge on any atom is 0.331 e. The summed E-state index contributed by atoms with van der Waals surface area (Å²) in [4.78, 5) is 23.8. The van der Waals surface area contributed by atoms with Crippen LogP contribution >= 0.6 is 0 Å². The minimum absolute atomic E-state index is 0.370. The zero-order valence-electron chi connectivity index (χ0n) is 13.4. The van der Waals surface area contributed by atoms with E-state index in [1.807, 2.05) is 6.07 Å². The van der Waals surface area contributed by atoms with E-state index in [1.54, 1.807) is 18.2 Å². The summed E-state index contributed by atoms with van der Waals surface area (Å²) in [6, 6.07) is 13.9.